The van der Waals surface area contributed by atoms with E-state index in [4.69, 9.17) is 0 Å². The summed E-state index contributed by atoms with van der Waals surface area (Å²) in [4.78, 5) is 11.4. The average molecular weight is 228 g/mol. The van der Waals surface area contributed by atoms with E-state index in [1.807, 2.05) is 13.8 Å². The smallest absolute Gasteiger partial charge is 0.240 e. The number of carbonyl (C=O) groups is 1. The molecule has 1 aromatic heterocycles. The van der Waals surface area contributed by atoms with Crippen LogP contribution in [0.5, 0.6) is 0 Å². The van der Waals surface area contributed by atoms with Crippen LogP contribution in [0.1, 0.15) is 25.3 Å². The molecule has 5 nitrogen and oxygen atoms in total. The van der Waals surface area contributed by atoms with E-state index < -0.39 is 0 Å². The largest absolute Gasteiger partial charge is 0.306 e. The fraction of sp³-hybridized carbons (Fsp3) is 0.667. The molecule has 0 bridgehead atoms. The van der Waals surface area contributed by atoms with Gasteiger partial charge in [0.1, 0.15) is 5.01 Å². The van der Waals surface area contributed by atoms with Gasteiger partial charge in [-0.25, -0.2) is 0 Å². The van der Waals surface area contributed by atoms with Crippen molar-refractivity contribution >= 4 is 22.4 Å². The standard InChI is InChI=1S/C9H16N4OS/c1-4-6(2)10-5-8(14)11-9-13-12-7(3)15-9/h6,10H,4-5H2,1-3H3,(H,11,13,14). The highest BCUT2D eigenvalue weighted by Crippen LogP contribution is 2.12. The molecule has 1 rings (SSSR count). The van der Waals surface area contributed by atoms with Crippen molar-refractivity contribution in [2.24, 2.45) is 0 Å². The zero-order valence-electron chi connectivity index (χ0n) is 9.20. The highest BCUT2D eigenvalue weighted by Gasteiger charge is 2.07. The van der Waals surface area contributed by atoms with Crippen LogP contribution >= 0.6 is 11.3 Å². The number of carbonyl (C=O) groups excluding carboxylic acids is 1. The summed E-state index contributed by atoms with van der Waals surface area (Å²) in [5, 5.41) is 14.8. The van der Waals surface area contributed by atoms with E-state index in [0.717, 1.165) is 11.4 Å². The monoisotopic (exact) mass is 228 g/mol. The number of hydrogen-bond acceptors (Lipinski definition) is 5. The van der Waals surface area contributed by atoms with Gasteiger partial charge < -0.3 is 5.32 Å². The molecule has 0 radical (unpaired) electrons. The van der Waals surface area contributed by atoms with Crippen molar-refractivity contribution in [2.75, 3.05) is 11.9 Å². The van der Waals surface area contributed by atoms with Crippen molar-refractivity contribution in [3.05, 3.63) is 5.01 Å². The van der Waals surface area contributed by atoms with Crippen molar-refractivity contribution in [2.45, 2.75) is 33.2 Å². The molecule has 0 fully saturated rings. The van der Waals surface area contributed by atoms with Gasteiger partial charge in [-0.3, -0.25) is 10.1 Å². The first-order chi connectivity index (χ1) is 7.11. The molecular weight excluding hydrogens is 212 g/mol. The van der Waals surface area contributed by atoms with Gasteiger partial charge in [-0.2, -0.15) is 0 Å². The number of anilines is 1. The molecule has 0 aromatic carbocycles. The Morgan fingerprint density at radius 3 is 2.80 bits per heavy atom. The van der Waals surface area contributed by atoms with Crippen LogP contribution in [0.3, 0.4) is 0 Å². The second kappa shape index (κ2) is 5.77. The zero-order chi connectivity index (χ0) is 11.3. The second-order valence-electron chi connectivity index (χ2n) is 3.36. The Kier molecular flexibility index (Phi) is 4.64. The lowest BCUT2D eigenvalue weighted by Crippen LogP contribution is -2.33. The van der Waals surface area contributed by atoms with Gasteiger partial charge in [-0.1, -0.05) is 18.3 Å². The molecule has 1 aromatic rings. The average Bonchev–Trinajstić information content (AvgIpc) is 2.60. The molecule has 1 atom stereocenters. The van der Waals surface area contributed by atoms with E-state index >= 15 is 0 Å². The normalized spacial score (nSPS) is 12.5. The molecule has 6 heteroatoms. The third-order valence-electron chi connectivity index (χ3n) is 2.00. The Morgan fingerprint density at radius 1 is 1.53 bits per heavy atom. The van der Waals surface area contributed by atoms with E-state index in [0.29, 0.717) is 17.7 Å². The molecule has 15 heavy (non-hydrogen) atoms. The van der Waals surface area contributed by atoms with Gasteiger partial charge in [0.25, 0.3) is 0 Å². The summed E-state index contributed by atoms with van der Waals surface area (Å²) in [6.45, 7) is 6.28. The summed E-state index contributed by atoms with van der Waals surface area (Å²) in [5.74, 6) is -0.0774. The Balaban J connectivity index is 2.30. The molecule has 1 amide bonds. The van der Waals surface area contributed by atoms with Crippen molar-refractivity contribution < 1.29 is 4.79 Å². The SMILES string of the molecule is CCC(C)NCC(=O)Nc1nnc(C)s1. The van der Waals surface area contributed by atoms with Gasteiger partial charge in [0, 0.05) is 6.04 Å². The summed E-state index contributed by atoms with van der Waals surface area (Å²) in [6, 6.07) is 0.354. The van der Waals surface area contributed by atoms with E-state index in [9.17, 15) is 4.79 Å². The third-order valence-corrected chi connectivity index (χ3v) is 2.75. The highest BCUT2D eigenvalue weighted by atomic mass is 32.1. The number of aromatic nitrogens is 2. The van der Waals surface area contributed by atoms with Crippen molar-refractivity contribution in [1.29, 1.82) is 0 Å². The fourth-order valence-electron chi connectivity index (χ4n) is 0.922. The molecular formula is C9H16N4OS. The first kappa shape index (κ1) is 12.1. The van der Waals surface area contributed by atoms with Crippen LogP contribution in [-0.4, -0.2) is 28.7 Å². The Bertz CT molecular complexity index is 326. The summed E-state index contributed by atoms with van der Waals surface area (Å²) >= 11 is 1.37. The number of nitrogens with zero attached hydrogens (tertiary/aromatic N) is 2. The van der Waals surface area contributed by atoms with E-state index in [-0.39, 0.29) is 5.91 Å². The minimum absolute atomic E-state index is 0.0774. The zero-order valence-corrected chi connectivity index (χ0v) is 10.0. The molecule has 2 N–H and O–H groups in total. The fourth-order valence-corrected chi connectivity index (χ4v) is 1.53. The van der Waals surface area contributed by atoms with E-state index in [2.05, 4.69) is 27.8 Å². The van der Waals surface area contributed by atoms with Crippen LogP contribution in [0.15, 0.2) is 0 Å². The minimum Gasteiger partial charge on any atom is -0.306 e. The lowest BCUT2D eigenvalue weighted by Gasteiger charge is -2.09. The van der Waals surface area contributed by atoms with Crippen molar-refractivity contribution in [3.63, 3.8) is 0 Å². The van der Waals surface area contributed by atoms with Gasteiger partial charge in [0.15, 0.2) is 0 Å². The molecule has 1 heterocycles. The number of amides is 1. The van der Waals surface area contributed by atoms with Crippen LogP contribution in [0.4, 0.5) is 5.13 Å². The number of rotatable bonds is 5. The maximum atomic E-state index is 11.4. The Labute approximate surface area is 93.3 Å². The minimum atomic E-state index is -0.0774. The highest BCUT2D eigenvalue weighted by molar-refractivity contribution is 7.15. The first-order valence-corrected chi connectivity index (χ1v) is 5.76. The first-order valence-electron chi connectivity index (χ1n) is 4.95. The molecule has 0 aliphatic heterocycles. The molecule has 0 aliphatic carbocycles. The molecule has 0 saturated heterocycles. The van der Waals surface area contributed by atoms with E-state index in [1.165, 1.54) is 11.3 Å². The molecule has 0 spiro atoms. The molecule has 1 unspecified atom stereocenters. The number of nitrogens with one attached hydrogen (secondary N) is 2. The Hall–Kier alpha value is -1.01. The van der Waals surface area contributed by atoms with Crippen LogP contribution < -0.4 is 10.6 Å². The predicted octanol–water partition coefficient (Wildman–Crippen LogP) is 1.17. The lowest BCUT2D eigenvalue weighted by molar-refractivity contribution is -0.115. The van der Waals surface area contributed by atoms with Gasteiger partial charge in [0.2, 0.25) is 11.0 Å². The maximum absolute atomic E-state index is 11.4. The molecule has 84 valence electrons. The van der Waals surface area contributed by atoms with Gasteiger partial charge in [-0.15, -0.1) is 10.2 Å². The molecule has 0 aliphatic rings. The summed E-state index contributed by atoms with van der Waals surface area (Å²) in [6.07, 6.45) is 1.01. The summed E-state index contributed by atoms with van der Waals surface area (Å²) < 4.78 is 0. The van der Waals surface area contributed by atoms with Crippen LogP contribution in [0.25, 0.3) is 0 Å². The topological polar surface area (TPSA) is 66.9 Å². The molecule has 0 saturated carbocycles. The Morgan fingerprint density at radius 2 is 2.27 bits per heavy atom. The van der Waals surface area contributed by atoms with Crippen LogP contribution in [0.2, 0.25) is 0 Å². The third kappa shape index (κ3) is 4.35. The predicted molar refractivity (Wildman–Crippen MR) is 61.0 cm³/mol. The number of hydrogen-bond donors (Lipinski definition) is 2. The van der Waals surface area contributed by atoms with Crippen LogP contribution in [-0.2, 0) is 4.79 Å². The van der Waals surface area contributed by atoms with Gasteiger partial charge in [-0.05, 0) is 20.3 Å². The quantitative estimate of drug-likeness (QED) is 0.794. The summed E-state index contributed by atoms with van der Waals surface area (Å²) in [5.41, 5.74) is 0. The second-order valence-corrected chi connectivity index (χ2v) is 4.55. The maximum Gasteiger partial charge on any atom is 0.240 e. The lowest BCUT2D eigenvalue weighted by atomic mass is 10.2. The summed E-state index contributed by atoms with van der Waals surface area (Å²) in [7, 11) is 0. The van der Waals surface area contributed by atoms with Crippen molar-refractivity contribution in [1.82, 2.24) is 15.5 Å². The van der Waals surface area contributed by atoms with Gasteiger partial charge in [0.05, 0.1) is 6.54 Å². The van der Waals surface area contributed by atoms with Crippen LogP contribution in [0, 0.1) is 6.92 Å². The van der Waals surface area contributed by atoms with E-state index in [1.54, 1.807) is 0 Å². The van der Waals surface area contributed by atoms with Gasteiger partial charge >= 0.3 is 0 Å². The van der Waals surface area contributed by atoms with Crippen molar-refractivity contribution in [3.8, 4) is 0 Å². The number of aryl methyl sites for hydroxylation is 1.